The quantitative estimate of drug-likeness (QED) is 0.0210. The van der Waals surface area contributed by atoms with Gasteiger partial charge < -0.3 is 28.4 Å². The minimum Gasteiger partial charge on any atom is -0.492 e. The molecule has 63 heavy (non-hydrogen) atoms. The highest BCUT2D eigenvalue weighted by atomic mass is 32.2. The summed E-state index contributed by atoms with van der Waals surface area (Å²) < 4.78 is 34.3. The number of hydrogen-bond donors (Lipinski definition) is 0. The number of benzene rings is 1. The van der Waals surface area contributed by atoms with Crippen molar-refractivity contribution in [1.29, 1.82) is 10.5 Å². The Balaban J connectivity index is 1.65. The van der Waals surface area contributed by atoms with Gasteiger partial charge in [0, 0.05) is 29.9 Å². The zero-order valence-electron chi connectivity index (χ0n) is 38.4. The van der Waals surface area contributed by atoms with Crippen LogP contribution in [-0.2, 0) is 38.1 Å². The molecule has 0 saturated carbocycles. The normalized spacial score (nSPS) is 12.5. The first-order valence-corrected chi connectivity index (χ1v) is 24.3. The van der Waals surface area contributed by atoms with Crippen molar-refractivity contribution in [2.45, 2.75) is 173 Å². The predicted octanol–water partition coefficient (Wildman–Crippen LogP) is 12.0. The molecule has 0 aliphatic carbocycles. The maximum absolute atomic E-state index is 12.2. The van der Waals surface area contributed by atoms with Crippen LogP contribution in [0, 0.1) is 35.5 Å². The van der Waals surface area contributed by atoms with Crippen molar-refractivity contribution in [1.82, 2.24) is 0 Å². The summed E-state index contributed by atoms with van der Waals surface area (Å²) in [7, 11) is 0. The van der Waals surface area contributed by atoms with Crippen molar-refractivity contribution >= 4 is 47.4 Å². The van der Waals surface area contributed by atoms with Crippen molar-refractivity contribution in [2.24, 2.45) is 5.92 Å². The molecule has 1 heterocycles. The third-order valence-electron chi connectivity index (χ3n) is 10.1. The molecular formula is C49H70N2O10S2. The lowest BCUT2D eigenvalue weighted by Gasteiger charge is -2.16. The SMILES string of the molecule is C=C(C)C(=O)OCC(C)COC(=O)CCCCCCCCCCOc1cc(C)c(OCCCCCCCCCCC(=O)OC(CC)COC(=O)C(=C)C)c2c1SC(=C(C#N)C#N)S2. The van der Waals surface area contributed by atoms with E-state index >= 15 is 0 Å². The van der Waals surface area contributed by atoms with Crippen molar-refractivity contribution in [2.75, 3.05) is 33.0 Å². The molecule has 0 spiro atoms. The molecule has 0 aromatic heterocycles. The molecule has 348 valence electrons. The second-order valence-electron chi connectivity index (χ2n) is 16.2. The summed E-state index contributed by atoms with van der Waals surface area (Å²) in [6.07, 6.45) is 17.1. The highest BCUT2D eigenvalue weighted by molar-refractivity contribution is 8.24. The molecule has 0 N–H and O–H groups in total. The van der Waals surface area contributed by atoms with E-state index < -0.39 is 18.0 Å². The Morgan fingerprint density at radius 2 is 1.11 bits per heavy atom. The summed E-state index contributed by atoms with van der Waals surface area (Å²) in [5, 5.41) is 19.2. The van der Waals surface area contributed by atoms with Crippen LogP contribution in [0.2, 0.25) is 0 Å². The maximum atomic E-state index is 12.2. The number of nitriles is 2. The Hall–Kier alpha value is -4.40. The first-order chi connectivity index (χ1) is 30.3. The van der Waals surface area contributed by atoms with Gasteiger partial charge >= 0.3 is 23.9 Å². The summed E-state index contributed by atoms with van der Waals surface area (Å²) in [5.74, 6) is 0.0641. The standard InChI is InChI=1S/C49H70N2O10S2/c1-8-40(34-60-48(55)36(4)5)61-43(53)26-22-18-14-10-12-16-20-24-28-57-44-38(7)29-41(45-46(44)63-49(62-45)39(30-50)31-51)56-27-23-19-15-11-9-13-17-21-25-42(52)58-32-37(6)33-59-47(54)35(2)3/h29,37,40H,2,4,8-28,32-34H2,1,3,5-7H3. The highest BCUT2D eigenvalue weighted by Crippen LogP contribution is 2.59. The van der Waals surface area contributed by atoms with Gasteiger partial charge in [0.1, 0.15) is 41.9 Å². The molecule has 0 radical (unpaired) electrons. The Kier molecular flexibility index (Phi) is 28.0. The van der Waals surface area contributed by atoms with Crippen LogP contribution in [0.3, 0.4) is 0 Å². The van der Waals surface area contributed by atoms with E-state index in [1.807, 2.05) is 39.0 Å². The van der Waals surface area contributed by atoms with E-state index in [-0.39, 0.29) is 43.3 Å². The molecule has 12 nitrogen and oxygen atoms in total. The van der Waals surface area contributed by atoms with Crippen LogP contribution >= 0.6 is 23.5 Å². The van der Waals surface area contributed by atoms with E-state index in [0.29, 0.717) is 47.9 Å². The van der Waals surface area contributed by atoms with Crippen molar-refractivity contribution in [3.63, 3.8) is 0 Å². The van der Waals surface area contributed by atoms with Gasteiger partial charge in [-0.1, -0.05) is 128 Å². The molecule has 1 aliphatic heterocycles. The van der Waals surface area contributed by atoms with Crippen LogP contribution in [-0.4, -0.2) is 63.0 Å². The minimum atomic E-state index is -0.480. The molecule has 1 aliphatic rings. The van der Waals surface area contributed by atoms with Crippen LogP contribution < -0.4 is 9.47 Å². The van der Waals surface area contributed by atoms with Gasteiger partial charge in [-0.2, -0.15) is 10.5 Å². The lowest BCUT2D eigenvalue weighted by molar-refractivity contribution is -0.157. The van der Waals surface area contributed by atoms with Gasteiger partial charge in [0.15, 0.2) is 0 Å². The number of unbranched alkanes of at least 4 members (excludes halogenated alkanes) is 14. The number of carbonyl (C=O) groups excluding carboxylic acids is 4. The molecule has 0 amide bonds. The number of esters is 4. The number of aryl methyl sites for hydroxylation is 1. The summed E-state index contributed by atoms with van der Waals surface area (Å²) >= 11 is 2.81. The van der Waals surface area contributed by atoms with Gasteiger partial charge in [-0.25, -0.2) is 9.59 Å². The Morgan fingerprint density at radius 1 is 0.651 bits per heavy atom. The van der Waals surface area contributed by atoms with Crippen molar-refractivity contribution in [3.8, 4) is 23.6 Å². The summed E-state index contributed by atoms with van der Waals surface area (Å²) in [6, 6.07) is 6.06. The topological polar surface area (TPSA) is 171 Å². The Bertz CT molecular complexity index is 1760. The second-order valence-corrected chi connectivity index (χ2v) is 18.5. The molecule has 2 unspecified atom stereocenters. The van der Waals surface area contributed by atoms with Gasteiger partial charge in [0.25, 0.3) is 0 Å². The molecule has 0 fully saturated rings. The number of thioether (sulfide) groups is 2. The lowest BCUT2D eigenvalue weighted by Crippen LogP contribution is -2.24. The van der Waals surface area contributed by atoms with E-state index in [1.54, 1.807) is 13.8 Å². The van der Waals surface area contributed by atoms with Gasteiger partial charge in [-0.15, -0.1) is 0 Å². The van der Waals surface area contributed by atoms with Crippen LogP contribution in [0.1, 0.15) is 155 Å². The van der Waals surface area contributed by atoms with Crippen LogP contribution in [0.25, 0.3) is 0 Å². The number of nitrogens with zero attached hydrogens (tertiary/aromatic N) is 2. The number of hydrogen-bond acceptors (Lipinski definition) is 14. The third-order valence-corrected chi connectivity index (χ3v) is 12.7. The summed E-state index contributed by atoms with van der Waals surface area (Å²) in [6.45, 7) is 17.6. The molecule has 1 aromatic carbocycles. The van der Waals surface area contributed by atoms with E-state index in [9.17, 15) is 29.7 Å². The van der Waals surface area contributed by atoms with E-state index in [2.05, 4.69) is 13.2 Å². The molecule has 0 saturated heterocycles. The Labute approximate surface area is 384 Å². The molecule has 14 heteroatoms. The monoisotopic (exact) mass is 910 g/mol. The van der Waals surface area contributed by atoms with Crippen LogP contribution in [0.5, 0.6) is 11.5 Å². The maximum Gasteiger partial charge on any atom is 0.333 e. The number of allylic oxidation sites excluding steroid dienone is 1. The minimum absolute atomic E-state index is 0.0447. The molecule has 2 rings (SSSR count). The lowest BCUT2D eigenvalue weighted by atomic mass is 10.1. The number of carbonyl (C=O) groups is 4. The summed E-state index contributed by atoms with van der Waals surface area (Å²) in [5.41, 5.74) is 1.71. The largest absolute Gasteiger partial charge is 0.492 e. The van der Waals surface area contributed by atoms with E-state index in [1.165, 1.54) is 23.5 Å². The summed E-state index contributed by atoms with van der Waals surface area (Å²) in [4.78, 5) is 49.2. The zero-order valence-corrected chi connectivity index (χ0v) is 40.0. The zero-order chi connectivity index (χ0) is 46.4. The molecule has 0 bridgehead atoms. The fourth-order valence-corrected chi connectivity index (χ4v) is 8.90. The van der Waals surface area contributed by atoms with E-state index in [0.717, 1.165) is 130 Å². The van der Waals surface area contributed by atoms with Crippen molar-refractivity contribution in [3.05, 3.63) is 45.7 Å². The van der Waals surface area contributed by atoms with Crippen LogP contribution in [0.15, 0.2) is 50.0 Å². The predicted molar refractivity (Wildman–Crippen MR) is 247 cm³/mol. The van der Waals surface area contributed by atoms with Gasteiger partial charge in [-0.05, 0) is 64.5 Å². The first kappa shape index (κ1) is 54.7. The van der Waals surface area contributed by atoms with Gasteiger partial charge in [0.2, 0.25) is 0 Å². The number of ether oxygens (including phenoxy) is 6. The number of rotatable bonds is 34. The fraction of sp³-hybridized carbons (Fsp3) is 0.633. The first-order valence-electron chi connectivity index (χ1n) is 22.6. The smallest absolute Gasteiger partial charge is 0.333 e. The highest BCUT2D eigenvalue weighted by Gasteiger charge is 2.30. The fourth-order valence-electron chi connectivity index (χ4n) is 6.31. The average molecular weight is 911 g/mol. The third kappa shape index (κ3) is 22.7. The van der Waals surface area contributed by atoms with Gasteiger partial charge in [-0.3, -0.25) is 9.59 Å². The van der Waals surface area contributed by atoms with Gasteiger partial charge in [0.05, 0.1) is 40.5 Å². The molecular weight excluding hydrogens is 841 g/mol. The molecule has 1 aromatic rings. The Morgan fingerprint density at radius 3 is 1.63 bits per heavy atom. The van der Waals surface area contributed by atoms with Crippen LogP contribution in [0.4, 0.5) is 0 Å². The number of fused-ring (bicyclic) bond motifs is 1. The van der Waals surface area contributed by atoms with E-state index in [4.69, 9.17) is 28.4 Å². The van der Waals surface area contributed by atoms with Crippen molar-refractivity contribution < 1.29 is 47.6 Å². The second kappa shape index (κ2) is 32.3. The molecule has 2 atom stereocenters. The average Bonchev–Trinajstić information content (AvgIpc) is 3.70.